The van der Waals surface area contributed by atoms with E-state index >= 15 is 0 Å². The number of carbonyl (C=O) groups is 1. The average molecular weight is 309 g/mol. The Bertz CT molecular complexity index is 697. The second-order valence-corrected chi connectivity index (χ2v) is 6.33. The number of aryl methyl sites for hydroxylation is 1. The normalized spacial score (nSPS) is 17.3. The smallest absolute Gasteiger partial charge is 0.254 e. The maximum absolute atomic E-state index is 12.8. The Morgan fingerprint density at radius 2 is 2.00 bits per heavy atom. The van der Waals surface area contributed by atoms with Gasteiger partial charge in [-0.2, -0.15) is 0 Å². The molecule has 1 aliphatic heterocycles. The van der Waals surface area contributed by atoms with E-state index in [-0.39, 0.29) is 11.9 Å². The molecule has 1 aromatic heterocycles. The molecule has 0 N–H and O–H groups in total. The van der Waals surface area contributed by atoms with Gasteiger partial charge in [0.2, 0.25) is 0 Å². The highest BCUT2D eigenvalue weighted by molar-refractivity contribution is 5.94. The van der Waals surface area contributed by atoms with Crippen molar-refractivity contribution >= 4 is 11.7 Å². The predicted octanol–water partition coefficient (Wildman–Crippen LogP) is 3.43. The van der Waals surface area contributed by atoms with Crippen molar-refractivity contribution in [2.75, 3.05) is 25.5 Å². The van der Waals surface area contributed by atoms with Gasteiger partial charge in [0.05, 0.1) is 6.04 Å². The Balaban J connectivity index is 1.87. The molecule has 4 nitrogen and oxygen atoms in total. The van der Waals surface area contributed by atoms with E-state index in [0.717, 1.165) is 41.9 Å². The van der Waals surface area contributed by atoms with E-state index in [0.29, 0.717) is 0 Å². The summed E-state index contributed by atoms with van der Waals surface area (Å²) in [6, 6.07) is 11.8. The van der Waals surface area contributed by atoms with Crippen LogP contribution in [0.1, 0.15) is 40.4 Å². The van der Waals surface area contributed by atoms with Gasteiger partial charge in [0.15, 0.2) is 0 Å². The Kier molecular flexibility index (Phi) is 4.33. The van der Waals surface area contributed by atoms with Gasteiger partial charge in [0.1, 0.15) is 5.82 Å². The molecule has 0 radical (unpaired) electrons. The lowest BCUT2D eigenvalue weighted by atomic mass is 10.0. The molecule has 1 aromatic carbocycles. The van der Waals surface area contributed by atoms with Gasteiger partial charge in [-0.1, -0.05) is 18.2 Å². The summed E-state index contributed by atoms with van der Waals surface area (Å²) in [5.74, 6) is 1.09. The van der Waals surface area contributed by atoms with Crippen LogP contribution in [0.2, 0.25) is 0 Å². The van der Waals surface area contributed by atoms with Crippen molar-refractivity contribution in [1.82, 2.24) is 9.88 Å². The van der Waals surface area contributed by atoms with Crippen molar-refractivity contribution in [1.29, 1.82) is 0 Å². The summed E-state index contributed by atoms with van der Waals surface area (Å²) in [5, 5.41) is 0. The first kappa shape index (κ1) is 15.5. The van der Waals surface area contributed by atoms with Crippen molar-refractivity contribution in [2.45, 2.75) is 25.8 Å². The standard InChI is InChI=1S/C19H23N3O/c1-14-12-16(13-20-18(14)21(2)3)17-10-7-11-22(17)19(23)15-8-5-4-6-9-15/h4-6,8-9,12-13,17H,7,10-11H2,1-3H3/t17-/m1/s1. The number of benzene rings is 1. The number of anilines is 1. The van der Waals surface area contributed by atoms with E-state index in [1.54, 1.807) is 0 Å². The molecule has 3 rings (SSSR count). The van der Waals surface area contributed by atoms with Gasteiger partial charge >= 0.3 is 0 Å². The zero-order chi connectivity index (χ0) is 16.4. The Morgan fingerprint density at radius 3 is 2.65 bits per heavy atom. The van der Waals surface area contributed by atoms with Crippen LogP contribution in [0.25, 0.3) is 0 Å². The van der Waals surface area contributed by atoms with Gasteiger partial charge in [-0.05, 0) is 49.1 Å². The van der Waals surface area contributed by atoms with Crippen molar-refractivity contribution in [3.8, 4) is 0 Å². The van der Waals surface area contributed by atoms with Gasteiger partial charge in [-0.15, -0.1) is 0 Å². The summed E-state index contributed by atoms with van der Waals surface area (Å²) < 4.78 is 0. The van der Waals surface area contributed by atoms with Crippen LogP contribution in [-0.2, 0) is 0 Å². The summed E-state index contributed by atoms with van der Waals surface area (Å²) >= 11 is 0. The molecule has 0 aliphatic carbocycles. The first-order valence-corrected chi connectivity index (χ1v) is 8.08. The lowest BCUT2D eigenvalue weighted by Gasteiger charge is -2.26. The molecule has 1 aliphatic rings. The number of nitrogens with zero attached hydrogens (tertiary/aromatic N) is 3. The summed E-state index contributed by atoms with van der Waals surface area (Å²) in [7, 11) is 3.99. The predicted molar refractivity (Wildman–Crippen MR) is 92.8 cm³/mol. The molecule has 1 saturated heterocycles. The second-order valence-electron chi connectivity index (χ2n) is 6.33. The van der Waals surface area contributed by atoms with Gasteiger partial charge in [-0.25, -0.2) is 4.98 Å². The number of hydrogen-bond donors (Lipinski definition) is 0. The van der Waals surface area contributed by atoms with Crippen LogP contribution in [-0.4, -0.2) is 36.4 Å². The molecular formula is C19H23N3O. The highest BCUT2D eigenvalue weighted by Crippen LogP contribution is 2.34. The largest absolute Gasteiger partial charge is 0.363 e. The summed E-state index contributed by atoms with van der Waals surface area (Å²) in [5.41, 5.74) is 3.04. The molecule has 120 valence electrons. The minimum atomic E-state index is 0.113. The molecule has 0 bridgehead atoms. The first-order valence-electron chi connectivity index (χ1n) is 8.08. The second kappa shape index (κ2) is 6.41. The van der Waals surface area contributed by atoms with Crippen LogP contribution >= 0.6 is 0 Å². The molecule has 0 unspecified atom stereocenters. The number of amides is 1. The summed E-state index contributed by atoms with van der Waals surface area (Å²) in [6.45, 7) is 2.89. The minimum absolute atomic E-state index is 0.113. The fourth-order valence-electron chi connectivity index (χ4n) is 3.34. The molecule has 1 fully saturated rings. The van der Waals surface area contributed by atoms with Crippen LogP contribution in [0.5, 0.6) is 0 Å². The van der Waals surface area contributed by atoms with Gasteiger partial charge in [-0.3, -0.25) is 4.79 Å². The number of aromatic nitrogens is 1. The Morgan fingerprint density at radius 1 is 1.26 bits per heavy atom. The van der Waals surface area contributed by atoms with Crippen LogP contribution in [0, 0.1) is 6.92 Å². The van der Waals surface area contributed by atoms with Crippen molar-refractivity contribution < 1.29 is 4.79 Å². The van der Waals surface area contributed by atoms with E-state index < -0.39 is 0 Å². The molecule has 1 atom stereocenters. The minimum Gasteiger partial charge on any atom is -0.363 e. The van der Waals surface area contributed by atoms with Crippen LogP contribution < -0.4 is 4.90 Å². The lowest BCUT2D eigenvalue weighted by Crippen LogP contribution is -2.30. The van der Waals surface area contributed by atoms with E-state index in [4.69, 9.17) is 0 Å². The number of carbonyl (C=O) groups excluding carboxylic acids is 1. The summed E-state index contributed by atoms with van der Waals surface area (Å²) in [4.78, 5) is 21.4. The van der Waals surface area contributed by atoms with Crippen molar-refractivity contribution in [3.63, 3.8) is 0 Å². The highest BCUT2D eigenvalue weighted by atomic mass is 16.2. The molecule has 1 amide bonds. The van der Waals surface area contributed by atoms with E-state index in [1.165, 1.54) is 0 Å². The highest BCUT2D eigenvalue weighted by Gasteiger charge is 2.31. The molecule has 2 aromatic rings. The number of hydrogen-bond acceptors (Lipinski definition) is 3. The van der Waals surface area contributed by atoms with E-state index in [9.17, 15) is 4.79 Å². The zero-order valence-electron chi connectivity index (χ0n) is 14.0. The fourth-order valence-corrected chi connectivity index (χ4v) is 3.34. The quantitative estimate of drug-likeness (QED) is 0.871. The number of rotatable bonds is 3. The topological polar surface area (TPSA) is 36.4 Å². The monoisotopic (exact) mass is 309 g/mol. The molecule has 23 heavy (non-hydrogen) atoms. The van der Waals surface area contributed by atoms with Gasteiger partial charge in [0, 0.05) is 32.4 Å². The third-order valence-electron chi connectivity index (χ3n) is 4.41. The van der Waals surface area contributed by atoms with Crippen LogP contribution in [0.15, 0.2) is 42.6 Å². The number of likely N-dealkylation sites (tertiary alicyclic amines) is 1. The fraction of sp³-hybridized carbons (Fsp3) is 0.368. The first-order chi connectivity index (χ1) is 11.1. The molecule has 0 spiro atoms. The number of pyridine rings is 1. The maximum atomic E-state index is 12.8. The molecular weight excluding hydrogens is 286 g/mol. The van der Waals surface area contributed by atoms with E-state index in [2.05, 4.69) is 18.0 Å². The van der Waals surface area contributed by atoms with Gasteiger partial charge < -0.3 is 9.80 Å². The Hall–Kier alpha value is -2.36. The average Bonchev–Trinajstić information content (AvgIpc) is 3.04. The van der Waals surface area contributed by atoms with E-state index in [1.807, 2.05) is 60.4 Å². The summed E-state index contributed by atoms with van der Waals surface area (Å²) in [6.07, 6.45) is 3.96. The van der Waals surface area contributed by atoms with Crippen molar-refractivity contribution in [3.05, 3.63) is 59.3 Å². The van der Waals surface area contributed by atoms with Crippen LogP contribution in [0.4, 0.5) is 5.82 Å². The third kappa shape index (κ3) is 3.07. The van der Waals surface area contributed by atoms with Crippen LogP contribution in [0.3, 0.4) is 0 Å². The molecule has 4 heteroatoms. The zero-order valence-corrected chi connectivity index (χ0v) is 14.0. The maximum Gasteiger partial charge on any atom is 0.254 e. The molecule has 2 heterocycles. The Labute approximate surface area is 137 Å². The lowest BCUT2D eigenvalue weighted by molar-refractivity contribution is 0.0735. The SMILES string of the molecule is Cc1cc([C@H]2CCCN2C(=O)c2ccccc2)cnc1N(C)C. The third-order valence-corrected chi connectivity index (χ3v) is 4.41. The van der Waals surface area contributed by atoms with Crippen molar-refractivity contribution in [2.24, 2.45) is 0 Å². The van der Waals surface area contributed by atoms with Gasteiger partial charge in [0.25, 0.3) is 5.91 Å². The molecule has 0 saturated carbocycles.